The van der Waals surface area contributed by atoms with Crippen LogP contribution in [0.15, 0.2) is 32.9 Å². The minimum Gasteiger partial charge on any atom is -0.258 e. The molecule has 0 amide bonds. The van der Waals surface area contributed by atoms with Crippen LogP contribution < -0.4 is 0 Å². The summed E-state index contributed by atoms with van der Waals surface area (Å²) < 4.78 is 24.8. The van der Waals surface area contributed by atoms with E-state index in [0.717, 1.165) is 24.3 Å². The molecule has 0 fully saturated rings. The molecule has 0 radical (unpaired) electrons. The SMILES string of the molecule is O=[N+]([O-])c1ccc(S(=O)(=O)N=S)cc1. The van der Waals surface area contributed by atoms with Gasteiger partial charge in [-0.15, -0.1) is 0 Å². The Balaban J connectivity index is 3.19. The van der Waals surface area contributed by atoms with E-state index in [1.165, 1.54) is 0 Å². The van der Waals surface area contributed by atoms with E-state index in [9.17, 15) is 18.5 Å². The molecule has 0 bridgehead atoms. The average molecular weight is 232 g/mol. The molecule has 0 atom stereocenters. The zero-order chi connectivity index (χ0) is 10.8. The fourth-order valence-electron chi connectivity index (χ4n) is 0.783. The van der Waals surface area contributed by atoms with E-state index in [1.54, 1.807) is 0 Å². The molecule has 0 heterocycles. The van der Waals surface area contributed by atoms with E-state index in [1.807, 2.05) is 0 Å². The van der Waals surface area contributed by atoms with Gasteiger partial charge in [-0.2, -0.15) is 8.42 Å². The topological polar surface area (TPSA) is 89.6 Å². The van der Waals surface area contributed by atoms with Crippen molar-refractivity contribution in [2.45, 2.75) is 4.90 Å². The third kappa shape index (κ3) is 2.09. The van der Waals surface area contributed by atoms with Gasteiger partial charge in [0.1, 0.15) is 0 Å². The maximum absolute atomic E-state index is 11.0. The lowest BCUT2D eigenvalue weighted by molar-refractivity contribution is -0.384. The summed E-state index contributed by atoms with van der Waals surface area (Å²) in [6.45, 7) is 0. The van der Waals surface area contributed by atoms with Crippen LogP contribution >= 0.6 is 0 Å². The van der Waals surface area contributed by atoms with Crippen molar-refractivity contribution >= 4 is 28.1 Å². The van der Waals surface area contributed by atoms with Gasteiger partial charge in [-0.3, -0.25) is 10.1 Å². The lowest BCUT2D eigenvalue weighted by Gasteiger charge is -1.95. The predicted octanol–water partition coefficient (Wildman–Crippen LogP) is 1.01. The molecule has 0 aliphatic carbocycles. The van der Waals surface area contributed by atoms with E-state index in [0.29, 0.717) is 0 Å². The number of non-ortho nitro benzene ring substituents is 1. The Labute approximate surface area is 84.9 Å². The molecule has 0 N–H and O–H groups in total. The molecule has 0 saturated heterocycles. The van der Waals surface area contributed by atoms with Crippen molar-refractivity contribution in [1.82, 2.24) is 0 Å². The third-order valence-electron chi connectivity index (χ3n) is 1.44. The number of nitro groups is 1. The maximum atomic E-state index is 11.0. The summed E-state index contributed by atoms with van der Waals surface area (Å²) in [7, 11) is -3.82. The summed E-state index contributed by atoms with van der Waals surface area (Å²) in [4.78, 5) is 9.47. The summed E-state index contributed by atoms with van der Waals surface area (Å²) in [5, 5.41) is 10.2. The first kappa shape index (κ1) is 10.7. The van der Waals surface area contributed by atoms with Gasteiger partial charge in [-0.1, -0.05) is 3.77 Å². The Morgan fingerprint density at radius 2 is 1.79 bits per heavy atom. The molecular formula is C6H4N2O4S2. The first-order valence-corrected chi connectivity index (χ1v) is 5.12. The Bertz CT molecular complexity index is 465. The minimum atomic E-state index is -3.82. The molecule has 0 aliphatic heterocycles. The predicted molar refractivity (Wildman–Crippen MR) is 50.1 cm³/mol. The third-order valence-corrected chi connectivity index (χ3v) is 3.10. The van der Waals surface area contributed by atoms with Crippen molar-refractivity contribution in [1.29, 1.82) is 0 Å². The first-order chi connectivity index (χ1) is 6.47. The molecule has 0 aromatic heterocycles. The van der Waals surface area contributed by atoms with Gasteiger partial charge in [-0.25, -0.2) is 0 Å². The highest BCUT2D eigenvalue weighted by Gasteiger charge is 2.13. The molecule has 0 aliphatic rings. The molecule has 1 rings (SSSR count). The molecule has 0 spiro atoms. The Kier molecular flexibility index (Phi) is 2.87. The van der Waals surface area contributed by atoms with Gasteiger partial charge in [0.15, 0.2) is 0 Å². The van der Waals surface area contributed by atoms with Gasteiger partial charge in [0.2, 0.25) is 0 Å². The molecule has 74 valence electrons. The van der Waals surface area contributed by atoms with E-state index in [4.69, 9.17) is 0 Å². The second kappa shape index (κ2) is 3.76. The Hall–Kier alpha value is -1.41. The standard InChI is InChI=1S/C6H4N2O4S2/c9-8(10)5-1-3-6(4-2-5)14(11,12)7-13/h1-4H. The minimum absolute atomic E-state index is 0.155. The lowest BCUT2D eigenvalue weighted by Crippen LogP contribution is -1.95. The van der Waals surface area contributed by atoms with Crippen LogP contribution in [0.3, 0.4) is 0 Å². The number of nitro benzene ring substituents is 1. The van der Waals surface area contributed by atoms with Crippen LogP contribution in [0, 0.1) is 10.1 Å². The summed E-state index contributed by atoms with van der Waals surface area (Å²) in [5.74, 6) is 0. The van der Waals surface area contributed by atoms with E-state index < -0.39 is 14.9 Å². The summed E-state index contributed by atoms with van der Waals surface area (Å²) in [6.07, 6.45) is 0. The quantitative estimate of drug-likeness (QED) is 0.573. The van der Waals surface area contributed by atoms with Crippen LogP contribution in [0.4, 0.5) is 5.69 Å². The highest BCUT2D eigenvalue weighted by atomic mass is 32.2. The summed E-state index contributed by atoms with van der Waals surface area (Å²) >= 11 is 4.06. The molecule has 0 unspecified atom stereocenters. The van der Waals surface area contributed by atoms with Crippen LogP contribution in [-0.2, 0) is 22.4 Å². The number of nitrogens with zero attached hydrogens (tertiary/aromatic N) is 2. The number of hydrogen-bond donors (Lipinski definition) is 0. The first-order valence-electron chi connectivity index (χ1n) is 3.31. The Morgan fingerprint density at radius 3 is 2.14 bits per heavy atom. The van der Waals surface area contributed by atoms with Gasteiger partial charge in [0.05, 0.1) is 22.2 Å². The van der Waals surface area contributed by atoms with E-state index in [-0.39, 0.29) is 10.6 Å². The average Bonchev–Trinajstić information content (AvgIpc) is 2.18. The number of sulfonamides is 1. The van der Waals surface area contributed by atoms with Crippen molar-refractivity contribution in [2.75, 3.05) is 0 Å². The molecule has 14 heavy (non-hydrogen) atoms. The second-order valence-electron chi connectivity index (χ2n) is 2.30. The summed E-state index contributed by atoms with van der Waals surface area (Å²) in [5.41, 5.74) is -0.187. The maximum Gasteiger partial charge on any atom is 0.293 e. The number of rotatable bonds is 3. The van der Waals surface area contributed by atoms with E-state index in [2.05, 4.69) is 16.2 Å². The monoisotopic (exact) mass is 232 g/mol. The summed E-state index contributed by atoms with van der Waals surface area (Å²) in [6, 6.07) is 4.33. The molecule has 8 heteroatoms. The molecule has 1 aromatic carbocycles. The van der Waals surface area contributed by atoms with Crippen LogP contribution in [0.5, 0.6) is 0 Å². The zero-order valence-electron chi connectivity index (χ0n) is 6.65. The normalized spacial score (nSPS) is 10.9. The van der Waals surface area contributed by atoms with Crippen molar-refractivity contribution in [2.24, 2.45) is 3.77 Å². The zero-order valence-corrected chi connectivity index (χ0v) is 8.29. The van der Waals surface area contributed by atoms with Crippen LogP contribution in [0.2, 0.25) is 0 Å². The van der Waals surface area contributed by atoms with Gasteiger partial charge in [0, 0.05) is 12.1 Å². The van der Waals surface area contributed by atoms with Crippen LogP contribution in [0.25, 0.3) is 0 Å². The number of benzene rings is 1. The highest BCUT2D eigenvalue weighted by molar-refractivity contribution is 7.93. The Morgan fingerprint density at radius 1 is 1.29 bits per heavy atom. The fourth-order valence-corrected chi connectivity index (χ4v) is 1.61. The largest absolute Gasteiger partial charge is 0.293 e. The smallest absolute Gasteiger partial charge is 0.258 e. The van der Waals surface area contributed by atoms with Crippen molar-refractivity contribution < 1.29 is 13.3 Å². The van der Waals surface area contributed by atoms with Crippen LogP contribution in [-0.4, -0.2) is 13.3 Å². The van der Waals surface area contributed by atoms with Crippen LogP contribution in [0.1, 0.15) is 0 Å². The van der Waals surface area contributed by atoms with Gasteiger partial charge in [-0.05, 0) is 12.1 Å². The highest BCUT2D eigenvalue weighted by Crippen LogP contribution is 2.16. The fraction of sp³-hybridized carbons (Fsp3) is 0. The van der Waals surface area contributed by atoms with Gasteiger partial charge in [0.25, 0.3) is 15.7 Å². The molecule has 6 nitrogen and oxygen atoms in total. The van der Waals surface area contributed by atoms with Gasteiger partial charge < -0.3 is 0 Å². The lowest BCUT2D eigenvalue weighted by atomic mass is 10.3. The van der Waals surface area contributed by atoms with Crippen molar-refractivity contribution in [3.63, 3.8) is 0 Å². The van der Waals surface area contributed by atoms with Crippen molar-refractivity contribution in [3.05, 3.63) is 34.4 Å². The second-order valence-corrected chi connectivity index (χ2v) is 4.32. The molecule has 1 aromatic rings. The molecule has 0 saturated carbocycles. The van der Waals surface area contributed by atoms with E-state index >= 15 is 0 Å². The number of hydrogen-bond acceptors (Lipinski definition) is 5. The molecular weight excluding hydrogens is 228 g/mol. The van der Waals surface area contributed by atoms with Gasteiger partial charge >= 0.3 is 0 Å². The van der Waals surface area contributed by atoms with Crippen molar-refractivity contribution in [3.8, 4) is 0 Å².